The van der Waals surface area contributed by atoms with E-state index in [1.54, 1.807) is 0 Å². The van der Waals surface area contributed by atoms with Crippen LogP contribution in [0.5, 0.6) is 0 Å². The minimum atomic E-state index is 1.13. The van der Waals surface area contributed by atoms with Crippen LogP contribution in [0.1, 0.15) is 0 Å². The summed E-state index contributed by atoms with van der Waals surface area (Å²) in [7, 11) is 0. The molecule has 4 aromatic heterocycles. The van der Waals surface area contributed by atoms with Crippen molar-refractivity contribution < 1.29 is 0 Å². The van der Waals surface area contributed by atoms with Crippen molar-refractivity contribution in [3.63, 3.8) is 0 Å². The summed E-state index contributed by atoms with van der Waals surface area (Å²) in [5, 5.41) is 7.75. The van der Waals surface area contributed by atoms with Crippen molar-refractivity contribution in [2.75, 3.05) is 0 Å². The van der Waals surface area contributed by atoms with Gasteiger partial charge in [0, 0.05) is 86.0 Å². The van der Waals surface area contributed by atoms with Gasteiger partial charge in [-0.15, -0.1) is 22.7 Å². The minimum absolute atomic E-state index is 1.13. The van der Waals surface area contributed by atoms with E-state index >= 15 is 0 Å². The van der Waals surface area contributed by atoms with Gasteiger partial charge in [-0.2, -0.15) is 0 Å². The highest BCUT2D eigenvalue weighted by atomic mass is 32.1. The van der Waals surface area contributed by atoms with Gasteiger partial charge in [-0.25, -0.2) is 0 Å². The number of benzene rings is 18. The Balaban J connectivity index is 0.000000148. The Kier molecular flexibility index (Phi) is 18.1. The van der Waals surface area contributed by atoms with Gasteiger partial charge in [-0.3, -0.25) is 0 Å². The first-order valence-corrected chi connectivity index (χ1v) is 41.3. The molecule has 116 heavy (non-hydrogen) atoms. The van der Waals surface area contributed by atoms with E-state index < -0.39 is 0 Å². The monoisotopic (exact) mass is 1510 g/mol. The lowest BCUT2D eigenvalue weighted by molar-refractivity contribution is 1.13. The number of aromatic nitrogens is 2. The van der Waals surface area contributed by atoms with E-state index in [0.29, 0.717) is 0 Å². The molecular formula is C112H74N2S2. The molecule has 4 heteroatoms. The summed E-state index contributed by atoms with van der Waals surface area (Å²) in [6.45, 7) is 0. The summed E-state index contributed by atoms with van der Waals surface area (Å²) in [5.74, 6) is 0. The average molecular weight is 1510 g/mol. The van der Waals surface area contributed by atoms with Crippen LogP contribution in [-0.2, 0) is 0 Å². The molecule has 22 aromatic rings. The van der Waals surface area contributed by atoms with E-state index in [0.717, 1.165) is 11.4 Å². The van der Waals surface area contributed by atoms with Crippen LogP contribution in [-0.4, -0.2) is 9.13 Å². The first kappa shape index (κ1) is 69.4. The van der Waals surface area contributed by atoms with Gasteiger partial charge in [-0.05, 0) is 195 Å². The second-order valence-corrected chi connectivity index (χ2v) is 32.0. The van der Waals surface area contributed by atoms with Crippen molar-refractivity contribution in [2.24, 2.45) is 0 Å². The number of rotatable bonds is 14. The van der Waals surface area contributed by atoms with Gasteiger partial charge >= 0.3 is 0 Å². The van der Waals surface area contributed by atoms with Gasteiger partial charge in [0.2, 0.25) is 0 Å². The van der Waals surface area contributed by atoms with Gasteiger partial charge in [0.25, 0.3) is 0 Å². The number of hydrogen-bond acceptors (Lipinski definition) is 2. The third-order valence-corrected chi connectivity index (χ3v) is 25.4. The predicted octanol–water partition coefficient (Wildman–Crippen LogP) is 32.0. The summed E-state index contributed by atoms with van der Waals surface area (Å²) in [4.78, 5) is 0. The van der Waals surface area contributed by atoms with E-state index in [9.17, 15) is 0 Å². The maximum atomic E-state index is 2.37. The van der Waals surface area contributed by atoms with E-state index in [1.165, 1.54) is 196 Å². The Morgan fingerprint density at radius 1 is 0.147 bits per heavy atom. The molecule has 18 aromatic carbocycles. The first-order valence-electron chi connectivity index (χ1n) is 39.6. The molecule has 0 radical (unpaired) electrons. The first-order chi connectivity index (χ1) is 57.4. The molecule has 2 nitrogen and oxygen atoms in total. The highest BCUT2D eigenvalue weighted by Crippen LogP contribution is 2.44. The van der Waals surface area contributed by atoms with Crippen LogP contribution in [0.3, 0.4) is 0 Å². The van der Waals surface area contributed by atoms with Gasteiger partial charge in [0.15, 0.2) is 0 Å². The number of hydrogen-bond donors (Lipinski definition) is 0. The lowest BCUT2D eigenvalue weighted by Crippen LogP contribution is -1.92. The minimum Gasteiger partial charge on any atom is -0.316 e. The van der Waals surface area contributed by atoms with Gasteiger partial charge in [0.05, 0.1) is 11.0 Å². The lowest BCUT2D eigenvalue weighted by atomic mass is 9.96. The van der Waals surface area contributed by atoms with Crippen molar-refractivity contribution in [3.05, 3.63) is 449 Å². The normalized spacial score (nSPS) is 11.4. The fraction of sp³-hybridized carbons (Fsp3) is 0. The van der Waals surface area contributed by atoms with Crippen molar-refractivity contribution >= 4 is 84.8 Å². The lowest BCUT2D eigenvalue weighted by Gasteiger charge is -2.10. The topological polar surface area (TPSA) is 9.86 Å². The Morgan fingerprint density at radius 3 is 0.776 bits per heavy atom. The Bertz CT molecular complexity index is 7310. The zero-order chi connectivity index (χ0) is 76.8. The van der Waals surface area contributed by atoms with Crippen LogP contribution in [0, 0.1) is 0 Å². The molecule has 0 saturated carbocycles. The smallest absolute Gasteiger partial charge is 0.0535 e. The quantitative estimate of drug-likeness (QED) is 0.103. The van der Waals surface area contributed by atoms with Crippen LogP contribution in [0.25, 0.3) is 207 Å². The molecule has 0 spiro atoms. The van der Waals surface area contributed by atoms with Gasteiger partial charge in [-0.1, -0.05) is 364 Å². The molecule has 0 aliphatic rings. The van der Waals surface area contributed by atoms with Crippen LogP contribution in [0.2, 0.25) is 0 Å². The molecule has 0 bridgehead atoms. The van der Waals surface area contributed by atoms with Crippen LogP contribution in [0.4, 0.5) is 0 Å². The van der Waals surface area contributed by atoms with Crippen LogP contribution < -0.4 is 0 Å². The SMILES string of the molecule is c1ccc(-c2ccc(-c3ccc(-c4ccc5c(c4)c(-c4ccc(-c6ccc(-c7ccccc7)cc6)cc4)cn5-c4ccc(-c5cccc6c5sc5ccccc56)cc4)cc3)cc2)cc1.c1ccc(-c2ccc(-c3ccc4c(c3)c(-c3ccc(-c5ccccc5)cc3)cn4-c3ccc(-c4ccc5sc6ccccc6c5c4)cc3)cc2)cc1. The van der Waals surface area contributed by atoms with Gasteiger partial charge in [0.1, 0.15) is 0 Å². The zero-order valence-corrected chi connectivity index (χ0v) is 65.1. The molecule has 22 rings (SSSR count). The summed E-state index contributed by atoms with van der Waals surface area (Å²) >= 11 is 3.74. The number of fused-ring (bicyclic) bond motifs is 8. The number of nitrogens with zero attached hydrogens (tertiary/aromatic N) is 2. The van der Waals surface area contributed by atoms with Gasteiger partial charge < -0.3 is 9.13 Å². The average Bonchev–Trinajstić information content (AvgIpc) is 1.62. The fourth-order valence-electron chi connectivity index (χ4n) is 16.8. The highest BCUT2D eigenvalue weighted by molar-refractivity contribution is 7.26. The molecule has 0 aliphatic carbocycles. The van der Waals surface area contributed by atoms with E-state index in [2.05, 4.69) is 458 Å². The maximum Gasteiger partial charge on any atom is 0.0535 e. The summed E-state index contributed by atoms with van der Waals surface area (Å²) in [5.41, 5.74) is 33.8. The molecule has 544 valence electrons. The second-order valence-electron chi connectivity index (χ2n) is 29.9. The Labute approximate surface area is 683 Å². The summed E-state index contributed by atoms with van der Waals surface area (Å²) < 4.78 is 10.0. The molecule has 0 saturated heterocycles. The molecule has 0 N–H and O–H groups in total. The molecule has 0 aliphatic heterocycles. The third-order valence-electron chi connectivity index (χ3n) is 23.0. The van der Waals surface area contributed by atoms with E-state index in [4.69, 9.17) is 0 Å². The van der Waals surface area contributed by atoms with Crippen molar-refractivity contribution in [3.8, 4) is 145 Å². The Morgan fingerprint density at radius 2 is 0.397 bits per heavy atom. The molecule has 0 atom stereocenters. The fourth-order valence-corrected chi connectivity index (χ4v) is 19.2. The zero-order valence-electron chi connectivity index (χ0n) is 63.4. The summed E-state index contributed by atoms with van der Waals surface area (Å²) in [6, 6.07) is 159. The largest absolute Gasteiger partial charge is 0.316 e. The molecule has 0 unspecified atom stereocenters. The van der Waals surface area contributed by atoms with Crippen molar-refractivity contribution in [2.45, 2.75) is 0 Å². The second kappa shape index (κ2) is 30.2. The molecule has 4 heterocycles. The van der Waals surface area contributed by atoms with Crippen molar-refractivity contribution in [1.29, 1.82) is 0 Å². The number of thiophene rings is 2. The third kappa shape index (κ3) is 13.4. The standard InChI is InChI=1S/C62H41NS.C50H33NS/c1-3-10-42(11-4-1)44-18-22-46(23-19-44)48-26-28-50(29-27-48)53-36-39-60-58(40-53)59(52-32-30-49(31-33-52)47-24-20-45(21-25-47)43-12-5-2-6-13-43)41-63(60)54-37-34-51(35-38-54)55-15-9-16-57-56-14-7-8-17-61(56)64-62(55)57;1-3-9-34(10-4-1)36-15-17-38(18-16-36)41-25-29-48-45(31-41)47(40-21-19-37(20-22-40)35-11-5-2-6-12-35)33-51(48)43-27-23-39(24-28-43)42-26-30-50-46(32-42)44-13-7-8-14-49(44)52-50/h1-41H;1-33H. The molecule has 0 amide bonds. The molecular weight excluding hydrogens is 1440 g/mol. The van der Waals surface area contributed by atoms with E-state index in [1.807, 2.05) is 22.7 Å². The van der Waals surface area contributed by atoms with E-state index in [-0.39, 0.29) is 0 Å². The van der Waals surface area contributed by atoms with Crippen LogP contribution in [0.15, 0.2) is 449 Å². The summed E-state index contributed by atoms with van der Waals surface area (Å²) in [6.07, 6.45) is 4.63. The predicted molar refractivity (Wildman–Crippen MR) is 498 cm³/mol. The van der Waals surface area contributed by atoms with Crippen LogP contribution >= 0.6 is 22.7 Å². The maximum absolute atomic E-state index is 2.37. The Hall–Kier alpha value is -14.5. The van der Waals surface area contributed by atoms with Crippen molar-refractivity contribution in [1.82, 2.24) is 9.13 Å². The highest BCUT2D eigenvalue weighted by Gasteiger charge is 2.19. The molecule has 0 fully saturated rings.